The van der Waals surface area contributed by atoms with Gasteiger partial charge in [-0.05, 0) is 107 Å². The number of benzene rings is 4. The molecular weight excluding hydrogens is 826 g/mol. The zero-order valence-electron chi connectivity index (χ0n) is 32.0. The van der Waals surface area contributed by atoms with Gasteiger partial charge in [-0.2, -0.15) is 0 Å². The Morgan fingerprint density at radius 2 is 0.672 bits per heavy atom. The minimum absolute atomic E-state index is 0. The number of aromatic carboxylic acids is 4. The first-order valence-electron chi connectivity index (χ1n) is 18.8. The maximum atomic E-state index is 11.8. The fraction of sp³-hybridized carbons (Fsp3) is 0.0417. The second kappa shape index (κ2) is 16.1. The Kier molecular flexibility index (Phi) is 10.6. The zero-order valence-corrected chi connectivity index (χ0v) is 35.0. The van der Waals surface area contributed by atoms with Crippen molar-refractivity contribution in [3.8, 4) is 0 Å². The molecule has 0 saturated heterocycles. The zero-order chi connectivity index (χ0) is 41.7. The Balaban J connectivity index is 0.00000514. The van der Waals surface area contributed by atoms with E-state index in [1.807, 2.05) is 48.6 Å². The van der Waals surface area contributed by atoms with Crippen molar-refractivity contribution >= 4 is 57.6 Å². The third-order valence-corrected chi connectivity index (χ3v) is 10.8. The number of aliphatic imine (C=N–C) groups is 2. The Bertz CT molecular complexity index is 2980. The SMILES string of the molecule is O=C(O)c1ccc(/C2=c3\cc/c([nH]3)=C(\c3ccc(C(=O)O)cc3)C3=NC(C=C3)/C(c3ccc(C(=O)O)cc3)=c3/cc/c([nH]3)=C(\c3ccc(C(=O)O)cc3)C3C=CC2=N3)cc1.[Zn+2]. The number of carbonyl (C=O) groups is 4. The Morgan fingerprint density at radius 3 is 0.984 bits per heavy atom. The van der Waals surface area contributed by atoms with Crippen molar-refractivity contribution in [2.45, 2.75) is 12.1 Å². The molecule has 9 rings (SSSR count). The predicted octanol–water partition coefficient (Wildman–Crippen LogP) is 4.40. The summed E-state index contributed by atoms with van der Waals surface area (Å²) >= 11 is 0. The van der Waals surface area contributed by atoms with Gasteiger partial charge in [0.1, 0.15) is 0 Å². The van der Waals surface area contributed by atoms with Gasteiger partial charge in [0, 0.05) is 43.7 Å². The van der Waals surface area contributed by atoms with Crippen LogP contribution in [0.25, 0.3) is 22.3 Å². The quantitative estimate of drug-likeness (QED) is 0.121. The second-order valence-corrected chi connectivity index (χ2v) is 14.3. The van der Waals surface area contributed by atoms with Gasteiger partial charge in [0.05, 0.1) is 45.8 Å². The van der Waals surface area contributed by atoms with Crippen LogP contribution in [0.2, 0.25) is 0 Å². The summed E-state index contributed by atoms with van der Waals surface area (Å²) < 4.78 is 0. The minimum Gasteiger partial charge on any atom is -0.478 e. The summed E-state index contributed by atoms with van der Waals surface area (Å²) in [6.07, 6.45) is 7.72. The summed E-state index contributed by atoms with van der Waals surface area (Å²) in [5, 5.41) is 41.5. The van der Waals surface area contributed by atoms with Crippen LogP contribution >= 0.6 is 0 Å². The van der Waals surface area contributed by atoms with Crippen LogP contribution in [0, 0.1) is 0 Å². The van der Waals surface area contributed by atoms with Crippen molar-refractivity contribution in [2.75, 3.05) is 0 Å². The van der Waals surface area contributed by atoms with Gasteiger partial charge >= 0.3 is 43.4 Å². The molecule has 12 nitrogen and oxygen atoms in total. The van der Waals surface area contributed by atoms with Crippen LogP contribution in [-0.4, -0.2) is 77.8 Å². The van der Waals surface area contributed by atoms with Crippen LogP contribution in [0.3, 0.4) is 0 Å². The molecule has 0 fully saturated rings. The van der Waals surface area contributed by atoms with E-state index in [0.717, 1.165) is 22.3 Å². The van der Waals surface area contributed by atoms with Crippen molar-refractivity contribution in [1.82, 2.24) is 9.97 Å². The molecule has 0 spiro atoms. The molecule has 0 radical (unpaired) electrons. The third-order valence-electron chi connectivity index (χ3n) is 10.8. The first-order chi connectivity index (χ1) is 29.0. The molecule has 6 N–H and O–H groups in total. The van der Waals surface area contributed by atoms with Gasteiger partial charge in [0.25, 0.3) is 0 Å². The average molecular weight is 858 g/mol. The van der Waals surface area contributed by atoms with Crippen LogP contribution in [0.5, 0.6) is 0 Å². The Hall–Kier alpha value is -7.76. The van der Waals surface area contributed by atoms with Gasteiger partial charge in [0.15, 0.2) is 0 Å². The summed E-state index contributed by atoms with van der Waals surface area (Å²) in [6.45, 7) is 0. The number of rotatable bonds is 8. The fourth-order valence-corrected chi connectivity index (χ4v) is 7.85. The van der Waals surface area contributed by atoms with E-state index in [1.54, 1.807) is 72.8 Å². The van der Waals surface area contributed by atoms with Crippen LogP contribution in [0.1, 0.15) is 63.7 Å². The van der Waals surface area contributed by atoms with Gasteiger partial charge in [-0.25, -0.2) is 19.2 Å². The van der Waals surface area contributed by atoms with Gasteiger partial charge in [-0.3, -0.25) is 9.98 Å². The minimum atomic E-state index is -1.06. The van der Waals surface area contributed by atoms with Gasteiger partial charge in [-0.1, -0.05) is 60.7 Å². The van der Waals surface area contributed by atoms with E-state index in [0.29, 0.717) is 55.1 Å². The number of aromatic nitrogens is 2. The smallest absolute Gasteiger partial charge is 0.478 e. The fourth-order valence-electron chi connectivity index (χ4n) is 7.85. The number of hydrogen-bond acceptors (Lipinski definition) is 6. The molecular formula is C48H32N4O8Zn+2. The monoisotopic (exact) mass is 856 g/mol. The standard InChI is InChI=1S/C48H32N4O8.Zn/c53-45(54)29-9-1-25(2-10-29)41-33-17-19-35(49-33)42(26-3-11-30(12-4-26)46(55)56)37-21-23-39(51-37)44(28-7-15-32(16-8-28)48(59)60)40-24-22-38(52-40)43(36-20-18-34(41)50-36)27-5-13-31(14-6-27)47(57)58;/h1-24,33,38,50-51H,(H,53,54)(H,55,56)(H,57,58)(H,59,60);/q;+2/b41-34-,42-37-,43-36-,44-39-;. The molecule has 2 atom stereocenters. The van der Waals surface area contributed by atoms with Crippen LogP contribution in [-0.2, 0) is 19.5 Å². The number of nitrogens with zero attached hydrogens (tertiary/aromatic N) is 2. The molecule has 2 aromatic heterocycles. The van der Waals surface area contributed by atoms with E-state index < -0.39 is 36.0 Å². The molecule has 0 saturated carbocycles. The number of allylic oxidation sites excluding steroid dienone is 2. The number of carboxylic acids is 4. The number of fused-ring (bicyclic) bond motifs is 6. The molecule has 6 aromatic rings. The van der Waals surface area contributed by atoms with E-state index in [1.165, 1.54) is 24.3 Å². The molecule has 2 unspecified atom stereocenters. The number of nitrogens with one attached hydrogen (secondary N) is 2. The molecule has 8 bridgehead atoms. The van der Waals surface area contributed by atoms with Crippen molar-refractivity contribution in [2.24, 2.45) is 9.98 Å². The molecule has 4 aromatic carbocycles. The molecule has 0 amide bonds. The van der Waals surface area contributed by atoms with Crippen molar-refractivity contribution in [1.29, 1.82) is 0 Å². The van der Waals surface area contributed by atoms with Crippen LogP contribution in [0.4, 0.5) is 0 Å². The largest absolute Gasteiger partial charge is 2.00 e. The normalized spacial score (nSPS) is 20.1. The molecule has 292 valence electrons. The average Bonchev–Trinajstić information content (AvgIpc) is 4.10. The van der Waals surface area contributed by atoms with E-state index in [9.17, 15) is 39.6 Å². The van der Waals surface area contributed by atoms with Gasteiger partial charge in [-0.15, -0.1) is 0 Å². The van der Waals surface area contributed by atoms with E-state index in [2.05, 4.69) is 9.97 Å². The Morgan fingerprint density at radius 1 is 0.393 bits per heavy atom. The maximum absolute atomic E-state index is 11.8. The van der Waals surface area contributed by atoms with Crippen molar-refractivity contribution in [3.05, 3.63) is 212 Å². The van der Waals surface area contributed by atoms with E-state index >= 15 is 0 Å². The summed E-state index contributed by atoms with van der Waals surface area (Å²) in [4.78, 5) is 65.1. The predicted molar refractivity (Wildman–Crippen MR) is 224 cm³/mol. The summed E-state index contributed by atoms with van der Waals surface area (Å²) in [5.41, 5.74) is 7.48. The van der Waals surface area contributed by atoms with Crippen molar-refractivity contribution < 1.29 is 59.1 Å². The number of aromatic amines is 2. The van der Waals surface area contributed by atoms with Gasteiger partial charge in [0.2, 0.25) is 0 Å². The van der Waals surface area contributed by atoms with Crippen LogP contribution in [0.15, 0.2) is 156 Å². The van der Waals surface area contributed by atoms with Gasteiger partial charge < -0.3 is 30.4 Å². The molecule has 61 heavy (non-hydrogen) atoms. The summed E-state index contributed by atoms with van der Waals surface area (Å²) in [7, 11) is 0. The number of carboxylic acid groups (broad SMARTS) is 4. The molecule has 3 aliphatic heterocycles. The topological polar surface area (TPSA) is 205 Å². The maximum Gasteiger partial charge on any atom is 2.00 e. The number of hydrogen-bond donors (Lipinski definition) is 6. The molecule has 5 heterocycles. The molecule has 13 heteroatoms. The summed E-state index contributed by atoms with van der Waals surface area (Å²) in [6, 6.07) is 32.8. The third kappa shape index (κ3) is 7.54. The molecule has 0 aliphatic carbocycles. The first-order valence-corrected chi connectivity index (χ1v) is 18.8. The first kappa shape index (κ1) is 40.0. The Labute approximate surface area is 358 Å². The molecule has 3 aliphatic rings. The summed E-state index contributed by atoms with van der Waals surface area (Å²) in [5.74, 6) is -4.22. The number of H-pyrrole nitrogens is 2. The second-order valence-electron chi connectivity index (χ2n) is 14.3. The van der Waals surface area contributed by atoms with Crippen LogP contribution < -0.4 is 21.4 Å². The van der Waals surface area contributed by atoms with E-state index in [-0.39, 0.29) is 41.7 Å². The van der Waals surface area contributed by atoms with Crippen molar-refractivity contribution in [3.63, 3.8) is 0 Å². The van der Waals surface area contributed by atoms with E-state index in [4.69, 9.17) is 9.98 Å².